The van der Waals surface area contributed by atoms with E-state index in [9.17, 15) is 28.8 Å². The number of ether oxygens (including phenoxy) is 4. The van der Waals surface area contributed by atoms with Gasteiger partial charge in [0, 0.05) is 33.6 Å². The number of rotatable bonds is 8. The monoisotopic (exact) mass is 501 g/mol. The molecule has 0 aromatic heterocycles. The SMILES string of the molecule is CC(=O)OC[C@@H]1C=C(OC(C)=O)[C@H]([C@@H](COC(C)=O)OC(C)=O)[C@@H]2C(=O)N(c3ccccc3)C(=O)[C@@H]21. The Kier molecular flexibility index (Phi) is 8.23. The maximum atomic E-state index is 13.8. The number of esters is 4. The summed E-state index contributed by atoms with van der Waals surface area (Å²) in [7, 11) is 0. The van der Waals surface area contributed by atoms with Gasteiger partial charge in [-0.2, -0.15) is 0 Å². The third-order valence-corrected chi connectivity index (χ3v) is 5.88. The minimum atomic E-state index is -1.24. The summed E-state index contributed by atoms with van der Waals surface area (Å²) in [6, 6.07) is 8.23. The Morgan fingerprint density at radius 1 is 0.833 bits per heavy atom. The maximum Gasteiger partial charge on any atom is 0.307 e. The molecule has 0 spiro atoms. The van der Waals surface area contributed by atoms with Crippen LogP contribution in [-0.2, 0) is 47.7 Å². The first kappa shape index (κ1) is 26.6. The molecule has 1 aromatic rings. The van der Waals surface area contributed by atoms with Crippen LogP contribution in [0.15, 0.2) is 42.2 Å². The smallest absolute Gasteiger partial charge is 0.307 e. The van der Waals surface area contributed by atoms with E-state index >= 15 is 0 Å². The van der Waals surface area contributed by atoms with Crippen molar-refractivity contribution >= 4 is 41.4 Å². The average molecular weight is 501 g/mol. The summed E-state index contributed by atoms with van der Waals surface area (Å²) >= 11 is 0. The number of hydrogen-bond donors (Lipinski definition) is 0. The van der Waals surface area contributed by atoms with Gasteiger partial charge in [0.15, 0.2) is 0 Å². The fourth-order valence-corrected chi connectivity index (χ4v) is 4.65. The van der Waals surface area contributed by atoms with Gasteiger partial charge >= 0.3 is 23.9 Å². The standard InChI is InChI=1S/C25H27NO10/c1-13(27)33-11-17-10-19(35-15(3)29)22(20(36-16(4)30)12-34-14(2)28)23-21(17)24(31)26(25(23)32)18-8-6-5-7-9-18/h5-10,17,20-23H,11-12H2,1-4H3/t17-,20+,21+,22+,23+/m0/s1. The molecule has 11 nitrogen and oxygen atoms in total. The van der Waals surface area contributed by atoms with E-state index in [1.54, 1.807) is 30.3 Å². The molecule has 1 heterocycles. The third-order valence-electron chi connectivity index (χ3n) is 5.88. The quantitative estimate of drug-likeness (QED) is 0.292. The Morgan fingerprint density at radius 2 is 1.44 bits per heavy atom. The van der Waals surface area contributed by atoms with Gasteiger partial charge in [-0.3, -0.25) is 33.7 Å². The van der Waals surface area contributed by atoms with E-state index < -0.39 is 72.1 Å². The van der Waals surface area contributed by atoms with Crippen molar-refractivity contribution in [2.24, 2.45) is 23.7 Å². The Bertz CT molecular complexity index is 1100. The molecule has 36 heavy (non-hydrogen) atoms. The molecule has 2 amide bonds. The van der Waals surface area contributed by atoms with Crippen molar-refractivity contribution in [2.75, 3.05) is 18.1 Å². The fourth-order valence-electron chi connectivity index (χ4n) is 4.65. The number of benzene rings is 1. The number of carbonyl (C=O) groups excluding carboxylic acids is 6. The second kappa shape index (κ2) is 11.1. The highest BCUT2D eigenvalue weighted by atomic mass is 16.6. The number of amides is 2. The number of nitrogens with zero attached hydrogens (tertiary/aromatic N) is 1. The molecular weight excluding hydrogens is 474 g/mol. The maximum absolute atomic E-state index is 13.8. The van der Waals surface area contributed by atoms with Gasteiger partial charge in [-0.05, 0) is 18.2 Å². The van der Waals surface area contributed by atoms with Crippen molar-refractivity contribution in [3.8, 4) is 0 Å². The van der Waals surface area contributed by atoms with Crippen molar-refractivity contribution in [3.63, 3.8) is 0 Å². The van der Waals surface area contributed by atoms with Crippen LogP contribution >= 0.6 is 0 Å². The lowest BCUT2D eigenvalue weighted by atomic mass is 9.69. The minimum Gasteiger partial charge on any atom is -0.465 e. The Labute approximate surface area is 207 Å². The lowest BCUT2D eigenvalue weighted by Crippen LogP contribution is -2.46. The van der Waals surface area contributed by atoms with Crippen LogP contribution in [0, 0.1) is 23.7 Å². The molecule has 1 saturated heterocycles. The normalized spacial score (nSPS) is 23.8. The summed E-state index contributed by atoms with van der Waals surface area (Å²) in [6.07, 6.45) is 0.187. The predicted octanol–water partition coefficient (Wildman–Crippen LogP) is 1.54. The van der Waals surface area contributed by atoms with Crippen LogP contribution in [0.3, 0.4) is 0 Å². The van der Waals surface area contributed by atoms with Crippen LogP contribution in [0.4, 0.5) is 5.69 Å². The highest BCUT2D eigenvalue weighted by Gasteiger charge is 2.60. The first-order valence-corrected chi connectivity index (χ1v) is 11.3. The molecule has 0 saturated carbocycles. The summed E-state index contributed by atoms with van der Waals surface area (Å²) in [5, 5.41) is 0. The van der Waals surface area contributed by atoms with E-state index in [-0.39, 0.29) is 12.4 Å². The third kappa shape index (κ3) is 5.78. The number of fused-ring (bicyclic) bond motifs is 1. The summed E-state index contributed by atoms with van der Waals surface area (Å²) in [4.78, 5) is 75.4. The van der Waals surface area contributed by atoms with Crippen LogP contribution < -0.4 is 4.90 Å². The number of hydrogen-bond acceptors (Lipinski definition) is 10. The van der Waals surface area contributed by atoms with Crippen LogP contribution in [-0.4, -0.2) is 55.0 Å². The Balaban J connectivity index is 2.15. The molecule has 11 heteroatoms. The molecule has 0 radical (unpaired) electrons. The number of para-hydroxylation sites is 1. The molecule has 1 aromatic carbocycles. The van der Waals surface area contributed by atoms with E-state index in [4.69, 9.17) is 18.9 Å². The van der Waals surface area contributed by atoms with Crippen molar-refractivity contribution in [3.05, 3.63) is 42.2 Å². The molecule has 1 aliphatic carbocycles. The zero-order valence-corrected chi connectivity index (χ0v) is 20.3. The molecular formula is C25H27NO10. The van der Waals surface area contributed by atoms with Crippen molar-refractivity contribution in [1.82, 2.24) is 0 Å². The predicted molar refractivity (Wildman–Crippen MR) is 122 cm³/mol. The number of anilines is 1. The highest BCUT2D eigenvalue weighted by Crippen LogP contribution is 2.48. The molecule has 1 fully saturated rings. The van der Waals surface area contributed by atoms with Crippen LogP contribution in [0.2, 0.25) is 0 Å². The molecule has 1 aliphatic heterocycles. The zero-order chi connectivity index (χ0) is 26.6. The number of carbonyl (C=O) groups is 6. The first-order chi connectivity index (χ1) is 17.0. The van der Waals surface area contributed by atoms with Crippen molar-refractivity contribution < 1.29 is 47.7 Å². The lowest BCUT2D eigenvalue weighted by Gasteiger charge is -2.38. The van der Waals surface area contributed by atoms with Crippen LogP contribution in [0.5, 0.6) is 0 Å². The molecule has 0 bridgehead atoms. The largest absolute Gasteiger partial charge is 0.465 e. The van der Waals surface area contributed by atoms with Gasteiger partial charge in [0.2, 0.25) is 11.8 Å². The van der Waals surface area contributed by atoms with Crippen molar-refractivity contribution in [1.29, 1.82) is 0 Å². The fraction of sp³-hybridized carbons (Fsp3) is 0.440. The topological polar surface area (TPSA) is 143 Å². The van der Waals surface area contributed by atoms with Gasteiger partial charge in [-0.25, -0.2) is 0 Å². The van der Waals surface area contributed by atoms with E-state index in [2.05, 4.69) is 0 Å². The van der Waals surface area contributed by atoms with Crippen LogP contribution in [0.25, 0.3) is 0 Å². The molecule has 5 atom stereocenters. The van der Waals surface area contributed by atoms with Gasteiger partial charge in [0.1, 0.15) is 18.5 Å². The van der Waals surface area contributed by atoms with Gasteiger partial charge in [-0.1, -0.05) is 18.2 Å². The second-order valence-corrected chi connectivity index (χ2v) is 8.50. The van der Waals surface area contributed by atoms with E-state index in [0.29, 0.717) is 5.69 Å². The second-order valence-electron chi connectivity index (χ2n) is 8.50. The highest BCUT2D eigenvalue weighted by molar-refractivity contribution is 6.22. The van der Waals surface area contributed by atoms with Gasteiger partial charge in [-0.15, -0.1) is 0 Å². The minimum absolute atomic E-state index is 0.0460. The molecule has 3 rings (SSSR count). The molecule has 2 aliphatic rings. The molecule has 0 unspecified atom stereocenters. The van der Waals surface area contributed by atoms with Crippen molar-refractivity contribution in [2.45, 2.75) is 33.8 Å². The van der Waals surface area contributed by atoms with Crippen LogP contribution in [0.1, 0.15) is 27.7 Å². The summed E-state index contributed by atoms with van der Waals surface area (Å²) in [5.74, 6) is -8.08. The van der Waals surface area contributed by atoms with Gasteiger partial charge < -0.3 is 18.9 Å². The molecule has 192 valence electrons. The summed E-state index contributed by atoms with van der Waals surface area (Å²) in [6.45, 7) is 3.95. The Morgan fingerprint density at radius 3 is 2.00 bits per heavy atom. The van der Waals surface area contributed by atoms with E-state index in [1.807, 2.05) is 0 Å². The van der Waals surface area contributed by atoms with Gasteiger partial charge in [0.05, 0.1) is 30.0 Å². The van der Waals surface area contributed by atoms with E-state index in [1.165, 1.54) is 13.0 Å². The Hall–Kier alpha value is -4.02. The summed E-state index contributed by atoms with van der Waals surface area (Å²) < 4.78 is 21.0. The average Bonchev–Trinajstić information content (AvgIpc) is 3.05. The summed E-state index contributed by atoms with van der Waals surface area (Å²) in [5.41, 5.74) is 0.324. The zero-order valence-electron chi connectivity index (χ0n) is 20.3. The van der Waals surface area contributed by atoms with E-state index in [0.717, 1.165) is 25.7 Å². The lowest BCUT2D eigenvalue weighted by molar-refractivity contribution is -0.164. The molecule has 0 N–H and O–H groups in total. The number of imide groups is 1. The first-order valence-electron chi connectivity index (χ1n) is 11.3. The van der Waals surface area contributed by atoms with Gasteiger partial charge in [0.25, 0.3) is 0 Å².